The lowest BCUT2D eigenvalue weighted by atomic mass is 9.99. The van der Waals surface area contributed by atoms with E-state index in [0.29, 0.717) is 36.5 Å². The van der Waals surface area contributed by atoms with E-state index >= 15 is 0 Å². The Morgan fingerprint density at radius 3 is 2.85 bits per heavy atom. The minimum Gasteiger partial charge on any atom is -0.493 e. The number of amides is 1. The van der Waals surface area contributed by atoms with Crippen molar-refractivity contribution >= 4 is 11.6 Å². The van der Waals surface area contributed by atoms with Gasteiger partial charge >= 0.3 is 0 Å². The molecule has 5 heteroatoms. The Morgan fingerprint density at radius 1 is 1.22 bits per heavy atom. The molecule has 0 radical (unpaired) electrons. The fourth-order valence-corrected chi connectivity index (χ4v) is 3.38. The van der Waals surface area contributed by atoms with Crippen molar-refractivity contribution in [1.82, 2.24) is 0 Å². The van der Waals surface area contributed by atoms with Gasteiger partial charge in [-0.15, -0.1) is 0 Å². The van der Waals surface area contributed by atoms with Crippen molar-refractivity contribution in [2.24, 2.45) is 0 Å². The van der Waals surface area contributed by atoms with Crippen molar-refractivity contribution in [2.45, 2.75) is 32.6 Å². The SMILES string of the molecule is COc1cc(C#N)ccc1OCCCC(=O)N1CCCc2cc(C)ccc21. The lowest BCUT2D eigenvalue weighted by Gasteiger charge is -2.30. The van der Waals surface area contributed by atoms with Crippen LogP contribution in [-0.2, 0) is 11.2 Å². The average molecular weight is 364 g/mol. The van der Waals surface area contributed by atoms with E-state index in [4.69, 9.17) is 14.7 Å². The van der Waals surface area contributed by atoms with E-state index in [9.17, 15) is 4.79 Å². The number of carbonyl (C=O) groups excluding carboxylic acids is 1. The Balaban J connectivity index is 1.55. The summed E-state index contributed by atoms with van der Waals surface area (Å²) in [5.74, 6) is 1.25. The number of fused-ring (bicyclic) bond motifs is 1. The molecule has 0 atom stereocenters. The molecule has 27 heavy (non-hydrogen) atoms. The molecule has 2 aromatic rings. The standard InChI is InChI=1S/C22H24N2O3/c1-16-7-9-19-18(13-16)5-3-11-24(19)22(25)6-4-12-27-20-10-8-17(15-23)14-21(20)26-2/h7-10,13-14H,3-6,11-12H2,1-2H3. The third-order valence-corrected chi connectivity index (χ3v) is 4.74. The number of hydrogen-bond acceptors (Lipinski definition) is 4. The van der Waals surface area contributed by atoms with E-state index in [-0.39, 0.29) is 5.91 Å². The number of nitriles is 1. The molecule has 0 spiro atoms. The minimum atomic E-state index is 0.134. The highest BCUT2D eigenvalue weighted by Crippen LogP contribution is 2.29. The van der Waals surface area contributed by atoms with Crippen molar-refractivity contribution in [3.8, 4) is 17.6 Å². The van der Waals surface area contributed by atoms with E-state index in [1.165, 1.54) is 11.1 Å². The molecule has 0 bridgehead atoms. The van der Waals surface area contributed by atoms with E-state index in [1.807, 2.05) is 4.90 Å². The van der Waals surface area contributed by atoms with Gasteiger partial charge in [-0.05, 0) is 49.9 Å². The van der Waals surface area contributed by atoms with Gasteiger partial charge in [0.15, 0.2) is 11.5 Å². The summed E-state index contributed by atoms with van der Waals surface area (Å²) in [5, 5.41) is 8.94. The van der Waals surface area contributed by atoms with E-state index in [0.717, 1.165) is 25.1 Å². The van der Waals surface area contributed by atoms with Crippen LogP contribution in [0, 0.1) is 18.3 Å². The molecule has 0 saturated heterocycles. The van der Waals surface area contributed by atoms with Crippen LogP contribution >= 0.6 is 0 Å². The second kappa shape index (κ2) is 8.59. The molecular weight excluding hydrogens is 340 g/mol. The third-order valence-electron chi connectivity index (χ3n) is 4.74. The highest BCUT2D eigenvalue weighted by atomic mass is 16.5. The van der Waals surface area contributed by atoms with Gasteiger partial charge in [0, 0.05) is 24.7 Å². The fraction of sp³-hybridized carbons (Fsp3) is 0.364. The summed E-state index contributed by atoms with van der Waals surface area (Å²) in [5.41, 5.74) is 4.06. The summed E-state index contributed by atoms with van der Waals surface area (Å²) in [4.78, 5) is 14.6. The maximum absolute atomic E-state index is 12.7. The largest absolute Gasteiger partial charge is 0.493 e. The molecule has 0 aliphatic carbocycles. The number of benzene rings is 2. The smallest absolute Gasteiger partial charge is 0.227 e. The maximum atomic E-state index is 12.7. The van der Waals surface area contributed by atoms with Gasteiger partial charge in [0.2, 0.25) is 5.91 Å². The van der Waals surface area contributed by atoms with Gasteiger partial charge in [-0.1, -0.05) is 17.7 Å². The molecule has 3 rings (SSSR count). The van der Waals surface area contributed by atoms with Crippen LogP contribution in [0.3, 0.4) is 0 Å². The fourth-order valence-electron chi connectivity index (χ4n) is 3.38. The number of ether oxygens (including phenoxy) is 2. The molecule has 140 valence electrons. The van der Waals surface area contributed by atoms with Crippen LogP contribution < -0.4 is 14.4 Å². The molecule has 1 amide bonds. The van der Waals surface area contributed by atoms with Crippen LogP contribution in [0.5, 0.6) is 11.5 Å². The lowest BCUT2D eigenvalue weighted by molar-refractivity contribution is -0.118. The zero-order chi connectivity index (χ0) is 19.2. The molecular formula is C22H24N2O3. The van der Waals surface area contributed by atoms with Gasteiger partial charge in [0.25, 0.3) is 0 Å². The van der Waals surface area contributed by atoms with Crippen molar-refractivity contribution in [3.63, 3.8) is 0 Å². The molecule has 5 nitrogen and oxygen atoms in total. The van der Waals surface area contributed by atoms with Gasteiger partial charge in [-0.3, -0.25) is 4.79 Å². The summed E-state index contributed by atoms with van der Waals surface area (Å²) >= 11 is 0. The van der Waals surface area contributed by atoms with Crippen molar-refractivity contribution in [3.05, 3.63) is 53.1 Å². The summed E-state index contributed by atoms with van der Waals surface area (Å²) in [6.07, 6.45) is 3.09. The van der Waals surface area contributed by atoms with Crippen LogP contribution in [-0.4, -0.2) is 26.2 Å². The first-order valence-electron chi connectivity index (χ1n) is 9.23. The van der Waals surface area contributed by atoms with E-state index < -0.39 is 0 Å². The summed E-state index contributed by atoms with van der Waals surface area (Å²) in [6, 6.07) is 13.4. The number of nitrogens with zero attached hydrogens (tertiary/aromatic N) is 2. The zero-order valence-corrected chi connectivity index (χ0v) is 15.8. The highest BCUT2D eigenvalue weighted by molar-refractivity contribution is 5.94. The number of anilines is 1. The lowest BCUT2D eigenvalue weighted by Crippen LogP contribution is -2.35. The quantitative estimate of drug-likeness (QED) is 0.727. The molecule has 1 aliphatic heterocycles. The molecule has 0 unspecified atom stereocenters. The number of hydrogen-bond donors (Lipinski definition) is 0. The first-order chi connectivity index (χ1) is 13.1. The Bertz CT molecular complexity index is 870. The van der Waals surface area contributed by atoms with E-state index in [2.05, 4.69) is 31.2 Å². The monoisotopic (exact) mass is 364 g/mol. The minimum absolute atomic E-state index is 0.134. The predicted molar refractivity (Wildman–Crippen MR) is 104 cm³/mol. The summed E-state index contributed by atoms with van der Waals surface area (Å²) < 4.78 is 11.0. The molecule has 1 heterocycles. The molecule has 0 fully saturated rings. The third kappa shape index (κ3) is 4.40. The van der Waals surface area contributed by atoms with Crippen LogP contribution in [0.15, 0.2) is 36.4 Å². The van der Waals surface area contributed by atoms with Gasteiger partial charge in [0.05, 0.1) is 25.3 Å². The molecule has 0 saturated carbocycles. The Labute approximate surface area is 160 Å². The Morgan fingerprint density at radius 2 is 2.07 bits per heavy atom. The van der Waals surface area contributed by atoms with Crippen LogP contribution in [0.4, 0.5) is 5.69 Å². The first kappa shape index (κ1) is 18.8. The average Bonchev–Trinajstić information content (AvgIpc) is 2.70. The first-order valence-corrected chi connectivity index (χ1v) is 9.23. The highest BCUT2D eigenvalue weighted by Gasteiger charge is 2.22. The van der Waals surface area contributed by atoms with Crippen LogP contribution in [0.1, 0.15) is 36.0 Å². The molecule has 0 aromatic heterocycles. The van der Waals surface area contributed by atoms with Crippen molar-refractivity contribution in [1.29, 1.82) is 5.26 Å². The predicted octanol–water partition coefficient (Wildman–Crippen LogP) is 4.01. The topological polar surface area (TPSA) is 62.6 Å². The van der Waals surface area contributed by atoms with Crippen LogP contribution in [0.25, 0.3) is 0 Å². The van der Waals surface area contributed by atoms with E-state index in [1.54, 1.807) is 25.3 Å². The normalized spacial score (nSPS) is 12.9. The van der Waals surface area contributed by atoms with Gasteiger partial charge in [-0.25, -0.2) is 0 Å². The van der Waals surface area contributed by atoms with Crippen molar-refractivity contribution in [2.75, 3.05) is 25.2 Å². The number of carbonyl (C=O) groups is 1. The second-order valence-corrected chi connectivity index (χ2v) is 6.71. The Hall–Kier alpha value is -3.00. The number of rotatable bonds is 6. The maximum Gasteiger partial charge on any atom is 0.227 e. The zero-order valence-electron chi connectivity index (χ0n) is 15.8. The van der Waals surface area contributed by atoms with Gasteiger partial charge < -0.3 is 14.4 Å². The number of aryl methyl sites for hydroxylation is 2. The second-order valence-electron chi connectivity index (χ2n) is 6.71. The molecule has 0 N–H and O–H groups in total. The molecule has 1 aliphatic rings. The van der Waals surface area contributed by atoms with Gasteiger partial charge in [-0.2, -0.15) is 5.26 Å². The summed E-state index contributed by atoms with van der Waals surface area (Å²) in [6.45, 7) is 3.28. The van der Waals surface area contributed by atoms with Crippen molar-refractivity contribution < 1.29 is 14.3 Å². The summed E-state index contributed by atoms with van der Waals surface area (Å²) in [7, 11) is 1.54. The Kier molecular flexibility index (Phi) is 5.97. The van der Waals surface area contributed by atoms with Gasteiger partial charge in [0.1, 0.15) is 0 Å². The van der Waals surface area contributed by atoms with Crippen LogP contribution in [0.2, 0.25) is 0 Å². The molecule has 2 aromatic carbocycles. The number of methoxy groups -OCH3 is 1.